The van der Waals surface area contributed by atoms with Gasteiger partial charge in [0, 0.05) is 31.5 Å². The highest BCUT2D eigenvalue weighted by molar-refractivity contribution is 7.89. The second kappa shape index (κ2) is 6.12. The second-order valence-electron chi connectivity index (χ2n) is 4.20. The van der Waals surface area contributed by atoms with E-state index in [0.29, 0.717) is 6.42 Å². The molecule has 0 aliphatic rings. The molecular formula is C11H19N3O3S. The van der Waals surface area contributed by atoms with Gasteiger partial charge in [-0.15, -0.1) is 0 Å². The molecule has 3 N–H and O–H groups in total. The van der Waals surface area contributed by atoms with Crippen molar-refractivity contribution in [3.8, 4) is 0 Å². The molecule has 0 spiro atoms. The van der Waals surface area contributed by atoms with Crippen LogP contribution in [0.25, 0.3) is 0 Å². The minimum absolute atomic E-state index is 0.0444. The fourth-order valence-electron chi connectivity index (χ4n) is 1.61. The SMILES string of the molecule is CC(C)N(CCCO)S(=O)(=O)c1ccnc(N)c1. The highest BCUT2D eigenvalue weighted by Crippen LogP contribution is 2.19. The standard InChI is InChI=1S/C11H19N3O3S/c1-9(2)14(6-3-7-15)18(16,17)10-4-5-13-11(12)8-10/h4-5,8-9,15H,3,6-7H2,1-2H3,(H2,12,13). The number of aliphatic hydroxyl groups is 1. The average Bonchev–Trinajstić information content (AvgIpc) is 2.28. The summed E-state index contributed by atoms with van der Waals surface area (Å²) in [7, 11) is -3.59. The van der Waals surface area contributed by atoms with E-state index in [1.165, 1.54) is 22.6 Å². The topological polar surface area (TPSA) is 96.5 Å². The van der Waals surface area contributed by atoms with Gasteiger partial charge < -0.3 is 10.8 Å². The molecule has 0 saturated carbocycles. The molecule has 18 heavy (non-hydrogen) atoms. The minimum atomic E-state index is -3.59. The largest absolute Gasteiger partial charge is 0.396 e. The zero-order valence-corrected chi connectivity index (χ0v) is 11.4. The van der Waals surface area contributed by atoms with Crippen molar-refractivity contribution in [2.75, 3.05) is 18.9 Å². The van der Waals surface area contributed by atoms with E-state index in [9.17, 15) is 8.42 Å². The van der Waals surface area contributed by atoms with Crippen molar-refractivity contribution < 1.29 is 13.5 Å². The number of pyridine rings is 1. The number of nitrogens with two attached hydrogens (primary N) is 1. The molecule has 102 valence electrons. The van der Waals surface area contributed by atoms with Crippen molar-refractivity contribution in [1.82, 2.24) is 9.29 Å². The van der Waals surface area contributed by atoms with Gasteiger partial charge in [-0.1, -0.05) is 0 Å². The average molecular weight is 273 g/mol. The minimum Gasteiger partial charge on any atom is -0.396 e. The molecule has 0 aliphatic carbocycles. The van der Waals surface area contributed by atoms with E-state index in [1.807, 2.05) is 0 Å². The lowest BCUT2D eigenvalue weighted by Crippen LogP contribution is -2.38. The van der Waals surface area contributed by atoms with Gasteiger partial charge in [-0.05, 0) is 26.3 Å². The predicted molar refractivity (Wildman–Crippen MR) is 69.4 cm³/mol. The van der Waals surface area contributed by atoms with Crippen LogP contribution in [-0.4, -0.2) is 42.0 Å². The van der Waals surface area contributed by atoms with Gasteiger partial charge in [0.15, 0.2) is 0 Å². The zero-order chi connectivity index (χ0) is 13.8. The van der Waals surface area contributed by atoms with E-state index >= 15 is 0 Å². The number of hydrogen-bond acceptors (Lipinski definition) is 5. The number of sulfonamides is 1. The van der Waals surface area contributed by atoms with Crippen LogP contribution in [0, 0.1) is 0 Å². The number of rotatable bonds is 6. The number of nitrogens with zero attached hydrogens (tertiary/aromatic N) is 2. The van der Waals surface area contributed by atoms with Gasteiger partial charge >= 0.3 is 0 Å². The highest BCUT2D eigenvalue weighted by Gasteiger charge is 2.26. The van der Waals surface area contributed by atoms with Gasteiger partial charge in [0.2, 0.25) is 10.0 Å². The van der Waals surface area contributed by atoms with Crippen molar-refractivity contribution in [3.05, 3.63) is 18.3 Å². The first-order valence-electron chi connectivity index (χ1n) is 5.74. The quantitative estimate of drug-likeness (QED) is 0.784. The second-order valence-corrected chi connectivity index (χ2v) is 6.09. The summed E-state index contributed by atoms with van der Waals surface area (Å²) in [5.74, 6) is 0.168. The summed E-state index contributed by atoms with van der Waals surface area (Å²) in [4.78, 5) is 3.90. The molecular weight excluding hydrogens is 254 g/mol. The Balaban J connectivity index is 3.09. The Morgan fingerprint density at radius 1 is 1.50 bits per heavy atom. The summed E-state index contributed by atoms with van der Waals surface area (Å²) in [5, 5.41) is 8.83. The fraction of sp³-hybridized carbons (Fsp3) is 0.545. The monoisotopic (exact) mass is 273 g/mol. The van der Waals surface area contributed by atoms with Gasteiger partial charge in [0.25, 0.3) is 0 Å². The third-order valence-corrected chi connectivity index (χ3v) is 4.54. The maximum absolute atomic E-state index is 12.4. The van der Waals surface area contributed by atoms with E-state index in [-0.39, 0.29) is 29.9 Å². The third kappa shape index (κ3) is 3.41. The van der Waals surface area contributed by atoms with Crippen LogP contribution in [0.5, 0.6) is 0 Å². The molecule has 0 fully saturated rings. The van der Waals surface area contributed by atoms with Crippen molar-refractivity contribution in [2.45, 2.75) is 31.2 Å². The summed E-state index contributed by atoms with van der Waals surface area (Å²) in [6.07, 6.45) is 1.77. The van der Waals surface area contributed by atoms with E-state index in [1.54, 1.807) is 13.8 Å². The molecule has 0 bridgehead atoms. The maximum atomic E-state index is 12.4. The lowest BCUT2D eigenvalue weighted by atomic mass is 10.3. The van der Waals surface area contributed by atoms with Crippen LogP contribution < -0.4 is 5.73 Å². The van der Waals surface area contributed by atoms with Crippen molar-refractivity contribution in [3.63, 3.8) is 0 Å². The summed E-state index contributed by atoms with van der Waals surface area (Å²) in [5.41, 5.74) is 5.50. The van der Waals surface area contributed by atoms with Crippen LogP contribution in [0.2, 0.25) is 0 Å². The smallest absolute Gasteiger partial charge is 0.243 e. The van der Waals surface area contributed by atoms with Gasteiger partial charge in [0.1, 0.15) is 5.82 Å². The zero-order valence-electron chi connectivity index (χ0n) is 10.6. The molecule has 7 heteroatoms. The number of aliphatic hydroxyl groups excluding tert-OH is 1. The van der Waals surface area contributed by atoms with Gasteiger partial charge in [0.05, 0.1) is 4.90 Å². The first-order chi connectivity index (χ1) is 8.39. The Kier molecular flexibility index (Phi) is 5.06. The maximum Gasteiger partial charge on any atom is 0.243 e. The number of hydrogen-bond donors (Lipinski definition) is 2. The Bertz CT molecular complexity index is 488. The first-order valence-corrected chi connectivity index (χ1v) is 7.18. The number of nitrogen functional groups attached to an aromatic ring is 1. The normalized spacial score (nSPS) is 12.3. The van der Waals surface area contributed by atoms with Crippen LogP contribution in [0.4, 0.5) is 5.82 Å². The van der Waals surface area contributed by atoms with Gasteiger partial charge in [-0.25, -0.2) is 13.4 Å². The summed E-state index contributed by atoms with van der Waals surface area (Å²) in [6, 6.07) is 2.57. The predicted octanol–water partition coefficient (Wildman–Crippen LogP) is 0.445. The summed E-state index contributed by atoms with van der Waals surface area (Å²) in [6.45, 7) is 3.81. The Hall–Kier alpha value is -1.18. The molecule has 0 radical (unpaired) electrons. The Labute approximate surface area is 107 Å². The van der Waals surface area contributed by atoms with Crippen LogP contribution >= 0.6 is 0 Å². The lowest BCUT2D eigenvalue weighted by molar-refractivity contribution is 0.258. The Morgan fingerprint density at radius 3 is 2.67 bits per heavy atom. The van der Waals surface area contributed by atoms with E-state index in [4.69, 9.17) is 10.8 Å². The number of anilines is 1. The first kappa shape index (κ1) is 14.9. The molecule has 0 amide bonds. The van der Waals surface area contributed by atoms with Crippen molar-refractivity contribution in [1.29, 1.82) is 0 Å². The number of aromatic nitrogens is 1. The lowest BCUT2D eigenvalue weighted by Gasteiger charge is -2.25. The fourth-order valence-corrected chi connectivity index (χ4v) is 3.30. The molecule has 0 atom stereocenters. The molecule has 1 aromatic heterocycles. The van der Waals surface area contributed by atoms with Crippen LogP contribution in [0.3, 0.4) is 0 Å². The summed E-state index contributed by atoms with van der Waals surface area (Å²) < 4.78 is 26.1. The third-order valence-electron chi connectivity index (χ3n) is 2.47. The van der Waals surface area contributed by atoms with E-state index in [2.05, 4.69) is 4.98 Å². The van der Waals surface area contributed by atoms with Crippen LogP contribution in [-0.2, 0) is 10.0 Å². The van der Waals surface area contributed by atoms with Gasteiger partial charge in [-0.3, -0.25) is 0 Å². The molecule has 1 rings (SSSR count). The van der Waals surface area contributed by atoms with E-state index < -0.39 is 10.0 Å². The molecule has 1 heterocycles. The Morgan fingerprint density at radius 2 is 2.17 bits per heavy atom. The van der Waals surface area contributed by atoms with Crippen molar-refractivity contribution in [2.24, 2.45) is 0 Å². The van der Waals surface area contributed by atoms with Crippen LogP contribution in [0.15, 0.2) is 23.2 Å². The van der Waals surface area contributed by atoms with Crippen molar-refractivity contribution >= 4 is 15.8 Å². The summed E-state index contributed by atoms with van der Waals surface area (Å²) >= 11 is 0. The van der Waals surface area contributed by atoms with Crippen LogP contribution in [0.1, 0.15) is 20.3 Å². The molecule has 0 unspecified atom stereocenters. The molecule has 1 aromatic rings. The van der Waals surface area contributed by atoms with E-state index in [0.717, 1.165) is 0 Å². The molecule has 0 saturated heterocycles. The molecule has 0 aliphatic heterocycles. The highest BCUT2D eigenvalue weighted by atomic mass is 32.2. The molecule has 6 nitrogen and oxygen atoms in total. The molecule has 0 aromatic carbocycles. The van der Waals surface area contributed by atoms with Gasteiger partial charge in [-0.2, -0.15) is 4.31 Å².